The molecule has 0 saturated carbocycles. The second kappa shape index (κ2) is 7.77. The third-order valence-electron chi connectivity index (χ3n) is 4.62. The number of ether oxygens (including phenoxy) is 1. The molecule has 1 fully saturated rings. The number of rotatable bonds is 5. The number of esters is 1. The Morgan fingerprint density at radius 3 is 2.67 bits per heavy atom. The molecule has 0 unspecified atom stereocenters. The number of hydrogen-bond acceptors (Lipinski definition) is 6. The maximum absolute atomic E-state index is 12.7. The Balaban J connectivity index is 1.73. The summed E-state index contributed by atoms with van der Waals surface area (Å²) < 4.78 is 29.6. The minimum absolute atomic E-state index is 0.0462. The van der Waals surface area contributed by atoms with E-state index in [-0.39, 0.29) is 22.4 Å². The molecule has 3 rings (SSSR count). The Labute approximate surface area is 167 Å². The van der Waals surface area contributed by atoms with Gasteiger partial charge in [-0.3, -0.25) is 4.79 Å². The van der Waals surface area contributed by atoms with Gasteiger partial charge in [0.1, 0.15) is 4.88 Å². The molecule has 0 bridgehead atoms. The number of benzene rings is 1. The van der Waals surface area contributed by atoms with Crippen LogP contribution in [0, 0.1) is 0 Å². The normalized spacial score (nSPS) is 19.7. The first-order valence-electron chi connectivity index (χ1n) is 8.62. The zero-order valence-electron chi connectivity index (χ0n) is 15.0. The molecular weight excluding hydrogens is 410 g/mol. The molecule has 2 heterocycles. The number of hydrogen-bond donors (Lipinski definition) is 0. The summed E-state index contributed by atoms with van der Waals surface area (Å²) >= 11 is 7.50. The van der Waals surface area contributed by atoms with Crippen LogP contribution >= 0.6 is 22.9 Å². The first-order valence-corrected chi connectivity index (χ1v) is 11.6. The SMILES string of the molecule is CCN(C(=O)[C@H](C)OC(=O)c1sc2ccccc2c1Cl)[C@@H]1CCS(=O)(=O)C1. The van der Waals surface area contributed by atoms with Crippen LogP contribution in [-0.2, 0) is 19.4 Å². The number of thiophene rings is 1. The van der Waals surface area contributed by atoms with Crippen molar-refractivity contribution in [1.82, 2.24) is 4.90 Å². The van der Waals surface area contributed by atoms with E-state index >= 15 is 0 Å². The van der Waals surface area contributed by atoms with Crippen molar-refractivity contribution in [3.8, 4) is 0 Å². The molecule has 2 aromatic rings. The highest BCUT2D eigenvalue weighted by atomic mass is 35.5. The fourth-order valence-corrected chi connectivity index (χ4v) is 6.38. The van der Waals surface area contributed by atoms with E-state index in [2.05, 4.69) is 0 Å². The topological polar surface area (TPSA) is 80.8 Å². The van der Waals surface area contributed by atoms with Crippen molar-refractivity contribution < 1.29 is 22.7 Å². The largest absolute Gasteiger partial charge is 0.448 e. The molecule has 9 heteroatoms. The van der Waals surface area contributed by atoms with Crippen LogP contribution in [0.4, 0.5) is 0 Å². The van der Waals surface area contributed by atoms with Gasteiger partial charge in [-0.15, -0.1) is 11.3 Å². The molecule has 0 radical (unpaired) electrons. The second-order valence-corrected chi connectivity index (χ2v) is 10.1. The van der Waals surface area contributed by atoms with Crippen molar-refractivity contribution in [2.45, 2.75) is 32.4 Å². The predicted molar refractivity (Wildman–Crippen MR) is 106 cm³/mol. The van der Waals surface area contributed by atoms with Gasteiger partial charge in [0.2, 0.25) is 0 Å². The van der Waals surface area contributed by atoms with Crippen LogP contribution in [0.1, 0.15) is 29.9 Å². The maximum atomic E-state index is 12.7. The van der Waals surface area contributed by atoms with Gasteiger partial charge in [-0.2, -0.15) is 0 Å². The Bertz CT molecular complexity index is 985. The lowest BCUT2D eigenvalue weighted by molar-refractivity contribution is -0.141. The van der Waals surface area contributed by atoms with E-state index in [1.807, 2.05) is 24.3 Å². The number of halogens is 1. The van der Waals surface area contributed by atoms with Crippen molar-refractivity contribution in [2.24, 2.45) is 0 Å². The fraction of sp³-hybridized carbons (Fsp3) is 0.444. The number of amides is 1. The molecular formula is C18H20ClNO5S2. The summed E-state index contributed by atoms with van der Waals surface area (Å²) in [7, 11) is -3.11. The van der Waals surface area contributed by atoms with E-state index in [9.17, 15) is 18.0 Å². The second-order valence-electron chi connectivity index (χ2n) is 6.47. The average Bonchev–Trinajstić information content (AvgIpc) is 3.15. The number of likely N-dealkylation sites (N-methyl/N-ethyl adjacent to an activating group) is 1. The van der Waals surface area contributed by atoms with E-state index in [1.165, 1.54) is 23.2 Å². The van der Waals surface area contributed by atoms with Crippen molar-refractivity contribution in [3.63, 3.8) is 0 Å². The van der Waals surface area contributed by atoms with E-state index in [4.69, 9.17) is 16.3 Å². The van der Waals surface area contributed by atoms with Crippen LogP contribution in [0.3, 0.4) is 0 Å². The van der Waals surface area contributed by atoms with Crippen LogP contribution in [0.15, 0.2) is 24.3 Å². The van der Waals surface area contributed by atoms with Gasteiger partial charge in [0, 0.05) is 22.7 Å². The first-order chi connectivity index (χ1) is 12.7. The lowest BCUT2D eigenvalue weighted by atomic mass is 10.2. The first kappa shape index (κ1) is 20.1. The summed E-state index contributed by atoms with van der Waals surface area (Å²) in [4.78, 5) is 27.0. The van der Waals surface area contributed by atoms with Gasteiger partial charge in [0.15, 0.2) is 15.9 Å². The number of nitrogens with zero attached hydrogens (tertiary/aromatic N) is 1. The van der Waals surface area contributed by atoms with E-state index in [0.717, 1.165) is 10.1 Å². The highest BCUT2D eigenvalue weighted by molar-refractivity contribution is 7.91. The van der Waals surface area contributed by atoms with Gasteiger partial charge in [0.05, 0.1) is 16.5 Å². The van der Waals surface area contributed by atoms with Gasteiger partial charge in [-0.1, -0.05) is 29.8 Å². The summed E-state index contributed by atoms with van der Waals surface area (Å²) in [6, 6.07) is 6.99. The molecule has 1 aromatic carbocycles. The minimum Gasteiger partial charge on any atom is -0.448 e. The Kier molecular flexibility index (Phi) is 5.79. The number of sulfone groups is 1. The lowest BCUT2D eigenvalue weighted by Crippen LogP contribution is -2.46. The van der Waals surface area contributed by atoms with Crippen molar-refractivity contribution in [2.75, 3.05) is 18.1 Å². The fourth-order valence-electron chi connectivity index (χ4n) is 3.26. The summed E-state index contributed by atoms with van der Waals surface area (Å²) in [5.74, 6) is -1.02. The van der Waals surface area contributed by atoms with Crippen LogP contribution in [0.5, 0.6) is 0 Å². The van der Waals surface area contributed by atoms with E-state index in [0.29, 0.717) is 18.0 Å². The van der Waals surface area contributed by atoms with Crippen molar-refractivity contribution in [3.05, 3.63) is 34.2 Å². The molecule has 27 heavy (non-hydrogen) atoms. The quantitative estimate of drug-likeness (QED) is 0.682. The van der Waals surface area contributed by atoms with Crippen LogP contribution in [-0.4, -0.2) is 55.4 Å². The molecule has 1 amide bonds. The summed E-state index contributed by atoms with van der Waals surface area (Å²) in [5.41, 5.74) is 0. The Morgan fingerprint density at radius 2 is 2.07 bits per heavy atom. The smallest absolute Gasteiger partial charge is 0.350 e. The highest BCUT2D eigenvalue weighted by Gasteiger charge is 2.36. The van der Waals surface area contributed by atoms with Gasteiger partial charge >= 0.3 is 5.97 Å². The monoisotopic (exact) mass is 429 g/mol. The molecule has 1 aliphatic rings. The number of fused-ring (bicyclic) bond motifs is 1. The molecule has 1 aromatic heterocycles. The van der Waals surface area contributed by atoms with Crippen molar-refractivity contribution >= 4 is 54.7 Å². The van der Waals surface area contributed by atoms with Gasteiger partial charge in [0.25, 0.3) is 5.91 Å². The summed E-state index contributed by atoms with van der Waals surface area (Å²) in [5, 5.41) is 1.08. The van der Waals surface area contributed by atoms with Crippen LogP contribution in [0.2, 0.25) is 5.02 Å². The van der Waals surface area contributed by atoms with E-state index in [1.54, 1.807) is 6.92 Å². The Morgan fingerprint density at radius 1 is 1.37 bits per heavy atom. The molecule has 0 N–H and O–H groups in total. The third-order valence-corrected chi connectivity index (χ3v) is 8.03. The molecule has 0 aliphatic carbocycles. The summed E-state index contributed by atoms with van der Waals surface area (Å²) in [6.07, 6.45) is -0.618. The lowest BCUT2D eigenvalue weighted by Gasteiger charge is -2.29. The maximum Gasteiger partial charge on any atom is 0.350 e. The standard InChI is InChI=1S/C18H20ClNO5S2/c1-3-20(12-8-9-27(23,24)10-12)17(21)11(2)25-18(22)16-15(19)13-6-4-5-7-14(13)26-16/h4-7,11-12H,3,8-10H2,1-2H3/t11-,12+/m0/s1. The van der Waals surface area contributed by atoms with Gasteiger partial charge < -0.3 is 9.64 Å². The molecule has 2 atom stereocenters. The third kappa shape index (κ3) is 4.12. The van der Waals surface area contributed by atoms with Crippen molar-refractivity contribution in [1.29, 1.82) is 0 Å². The zero-order chi connectivity index (χ0) is 19.8. The number of carbonyl (C=O) groups is 2. The minimum atomic E-state index is -3.11. The average molecular weight is 430 g/mol. The summed E-state index contributed by atoms with van der Waals surface area (Å²) in [6.45, 7) is 3.62. The number of carbonyl (C=O) groups excluding carboxylic acids is 2. The van der Waals surface area contributed by atoms with Gasteiger partial charge in [-0.25, -0.2) is 13.2 Å². The van der Waals surface area contributed by atoms with Crippen LogP contribution in [0.25, 0.3) is 10.1 Å². The van der Waals surface area contributed by atoms with Gasteiger partial charge in [-0.05, 0) is 26.3 Å². The highest BCUT2D eigenvalue weighted by Crippen LogP contribution is 2.35. The zero-order valence-corrected chi connectivity index (χ0v) is 17.4. The van der Waals surface area contributed by atoms with Crippen LogP contribution < -0.4 is 0 Å². The molecule has 1 saturated heterocycles. The van der Waals surface area contributed by atoms with E-state index < -0.39 is 27.8 Å². The molecule has 6 nitrogen and oxygen atoms in total. The molecule has 1 aliphatic heterocycles. The Hall–Kier alpha value is -1.64. The predicted octanol–water partition coefficient (Wildman–Crippen LogP) is 3.14. The molecule has 146 valence electrons. The molecule has 0 spiro atoms.